The molecule has 0 rings (SSSR count). The van der Waals surface area contributed by atoms with Crippen molar-refractivity contribution in [2.45, 2.75) is 67.7 Å². The summed E-state index contributed by atoms with van der Waals surface area (Å²) in [5.74, 6) is 2.23. The molecule has 1 nitrogen and oxygen atoms in total. The van der Waals surface area contributed by atoms with E-state index >= 15 is 0 Å². The summed E-state index contributed by atoms with van der Waals surface area (Å²) in [6, 6.07) is 0. The van der Waals surface area contributed by atoms with Crippen molar-refractivity contribution in [2.24, 2.45) is 17.8 Å². The second-order valence-electron chi connectivity index (χ2n) is 6.26. The molecule has 0 saturated carbocycles. The molecule has 0 aliphatic rings. The maximum absolute atomic E-state index is 12.2. The minimum absolute atomic E-state index is 0.367. The topological polar surface area (TPSA) is 17.1 Å². The molecule has 0 amide bonds. The normalized spacial score (nSPS) is 13.0. The molecule has 1 heteroatoms. The highest BCUT2D eigenvalue weighted by atomic mass is 16.1. The molecule has 0 N–H and O–H groups in total. The lowest BCUT2D eigenvalue weighted by atomic mass is 9.88. The Balaban J connectivity index is 4.42. The monoisotopic (exact) mass is 238 g/mol. The van der Waals surface area contributed by atoms with Gasteiger partial charge in [0, 0.05) is 6.42 Å². The van der Waals surface area contributed by atoms with E-state index in [0.29, 0.717) is 30.0 Å². The van der Waals surface area contributed by atoms with Crippen molar-refractivity contribution in [3.63, 3.8) is 0 Å². The lowest BCUT2D eigenvalue weighted by molar-refractivity contribution is -0.116. The number of hydrogen-bond donors (Lipinski definition) is 0. The minimum atomic E-state index is 0.367. The third-order valence-corrected chi connectivity index (χ3v) is 3.52. The summed E-state index contributed by atoms with van der Waals surface area (Å²) in [4.78, 5) is 12.2. The second kappa shape index (κ2) is 7.68. The first-order valence-corrected chi connectivity index (χ1v) is 6.95. The van der Waals surface area contributed by atoms with Crippen molar-refractivity contribution in [1.82, 2.24) is 0 Å². The molecule has 0 aromatic rings. The summed E-state index contributed by atoms with van der Waals surface area (Å²) in [6.07, 6.45) is 2.66. The van der Waals surface area contributed by atoms with Gasteiger partial charge >= 0.3 is 0 Å². The highest BCUT2D eigenvalue weighted by Crippen LogP contribution is 2.21. The van der Waals surface area contributed by atoms with Crippen LogP contribution in [0.5, 0.6) is 0 Å². The Morgan fingerprint density at radius 2 is 1.53 bits per heavy atom. The van der Waals surface area contributed by atoms with Crippen molar-refractivity contribution in [3.8, 4) is 0 Å². The van der Waals surface area contributed by atoms with Crippen LogP contribution in [-0.2, 0) is 4.79 Å². The summed E-state index contributed by atoms with van der Waals surface area (Å²) >= 11 is 0. The van der Waals surface area contributed by atoms with Crippen molar-refractivity contribution in [1.29, 1.82) is 0 Å². The van der Waals surface area contributed by atoms with Crippen molar-refractivity contribution in [3.05, 3.63) is 11.1 Å². The highest BCUT2D eigenvalue weighted by molar-refractivity contribution is 5.95. The van der Waals surface area contributed by atoms with Crippen LogP contribution < -0.4 is 0 Å². The average molecular weight is 238 g/mol. The molecular weight excluding hydrogens is 208 g/mol. The van der Waals surface area contributed by atoms with Gasteiger partial charge in [0.2, 0.25) is 0 Å². The van der Waals surface area contributed by atoms with E-state index in [2.05, 4.69) is 48.5 Å². The molecule has 0 aliphatic carbocycles. The number of hydrogen-bond acceptors (Lipinski definition) is 1. The molecule has 0 heterocycles. The van der Waals surface area contributed by atoms with Gasteiger partial charge in [-0.25, -0.2) is 0 Å². The van der Waals surface area contributed by atoms with Gasteiger partial charge in [-0.15, -0.1) is 0 Å². The SMILES string of the molecule is CC(C)=C(CC(C)C)C(=O)CCC(C)C(C)C. The first-order valence-electron chi connectivity index (χ1n) is 6.95. The Bertz CT molecular complexity index is 267. The van der Waals surface area contributed by atoms with Crippen molar-refractivity contribution in [2.75, 3.05) is 0 Å². The van der Waals surface area contributed by atoms with Gasteiger partial charge in [-0.2, -0.15) is 0 Å². The van der Waals surface area contributed by atoms with Crippen LogP contribution in [-0.4, -0.2) is 5.78 Å². The van der Waals surface area contributed by atoms with E-state index in [4.69, 9.17) is 0 Å². The molecule has 100 valence electrons. The standard InChI is InChI=1S/C16H30O/c1-11(2)10-15(13(5)6)16(17)9-8-14(7)12(3)4/h11-12,14H,8-10H2,1-7H3. The van der Waals surface area contributed by atoms with E-state index in [1.165, 1.54) is 5.57 Å². The number of carbonyl (C=O) groups is 1. The summed E-state index contributed by atoms with van der Waals surface area (Å²) in [7, 11) is 0. The Kier molecular flexibility index (Phi) is 7.41. The zero-order chi connectivity index (χ0) is 13.6. The van der Waals surface area contributed by atoms with E-state index in [0.717, 1.165) is 18.4 Å². The Labute approximate surface area is 108 Å². The predicted octanol–water partition coefficient (Wildman–Crippen LogP) is 5.01. The average Bonchev–Trinajstić information content (AvgIpc) is 2.21. The van der Waals surface area contributed by atoms with Crippen molar-refractivity contribution < 1.29 is 4.79 Å². The summed E-state index contributed by atoms with van der Waals surface area (Å²) in [5, 5.41) is 0. The third-order valence-electron chi connectivity index (χ3n) is 3.52. The van der Waals surface area contributed by atoms with Gasteiger partial charge in [-0.1, -0.05) is 40.2 Å². The lowest BCUT2D eigenvalue weighted by Crippen LogP contribution is -2.11. The molecule has 0 bridgehead atoms. The number of carbonyl (C=O) groups excluding carboxylic acids is 1. The fourth-order valence-electron chi connectivity index (χ4n) is 1.85. The molecule has 0 spiro atoms. The highest BCUT2D eigenvalue weighted by Gasteiger charge is 2.15. The Morgan fingerprint density at radius 3 is 1.88 bits per heavy atom. The lowest BCUT2D eigenvalue weighted by Gasteiger charge is -2.16. The quantitative estimate of drug-likeness (QED) is 0.570. The first kappa shape index (κ1) is 16.4. The van der Waals surface area contributed by atoms with Gasteiger partial charge in [-0.05, 0) is 50.0 Å². The van der Waals surface area contributed by atoms with Crippen LogP contribution in [0.25, 0.3) is 0 Å². The molecule has 0 saturated heterocycles. The third kappa shape index (κ3) is 6.65. The van der Waals surface area contributed by atoms with E-state index in [1.807, 2.05) is 0 Å². The molecule has 1 unspecified atom stereocenters. The summed E-state index contributed by atoms with van der Waals surface area (Å²) in [5.41, 5.74) is 2.26. The van der Waals surface area contributed by atoms with E-state index in [-0.39, 0.29) is 0 Å². The molecule has 0 aromatic heterocycles. The zero-order valence-corrected chi connectivity index (χ0v) is 12.8. The van der Waals surface area contributed by atoms with Crippen LogP contribution in [0.3, 0.4) is 0 Å². The fourth-order valence-corrected chi connectivity index (χ4v) is 1.85. The van der Waals surface area contributed by atoms with Gasteiger partial charge in [0.25, 0.3) is 0 Å². The van der Waals surface area contributed by atoms with Gasteiger partial charge in [0.05, 0.1) is 0 Å². The summed E-state index contributed by atoms with van der Waals surface area (Å²) in [6.45, 7) is 15.2. The smallest absolute Gasteiger partial charge is 0.158 e. The van der Waals surface area contributed by atoms with Gasteiger partial charge in [-0.3, -0.25) is 4.79 Å². The van der Waals surface area contributed by atoms with Crippen LogP contribution in [0, 0.1) is 17.8 Å². The molecule has 0 radical (unpaired) electrons. The van der Waals surface area contributed by atoms with Gasteiger partial charge < -0.3 is 0 Å². The molecular formula is C16H30O. The number of ketones is 1. The van der Waals surface area contributed by atoms with Crippen LogP contribution in [0.2, 0.25) is 0 Å². The van der Waals surface area contributed by atoms with E-state index in [9.17, 15) is 4.79 Å². The Morgan fingerprint density at radius 1 is 1.00 bits per heavy atom. The summed E-state index contributed by atoms with van der Waals surface area (Å²) < 4.78 is 0. The number of rotatable bonds is 7. The fraction of sp³-hybridized carbons (Fsp3) is 0.812. The molecule has 0 fully saturated rings. The van der Waals surface area contributed by atoms with E-state index < -0.39 is 0 Å². The zero-order valence-electron chi connectivity index (χ0n) is 12.8. The van der Waals surface area contributed by atoms with Gasteiger partial charge in [0.1, 0.15) is 0 Å². The maximum atomic E-state index is 12.2. The molecule has 1 atom stereocenters. The van der Waals surface area contributed by atoms with Crippen molar-refractivity contribution >= 4 is 5.78 Å². The first-order chi connectivity index (χ1) is 7.75. The van der Waals surface area contributed by atoms with Gasteiger partial charge in [0.15, 0.2) is 5.78 Å². The van der Waals surface area contributed by atoms with Crippen LogP contribution in [0.4, 0.5) is 0 Å². The van der Waals surface area contributed by atoms with Crippen LogP contribution in [0.1, 0.15) is 67.7 Å². The van der Waals surface area contributed by atoms with Crippen LogP contribution in [0.15, 0.2) is 11.1 Å². The predicted molar refractivity (Wildman–Crippen MR) is 76.1 cm³/mol. The second-order valence-corrected chi connectivity index (χ2v) is 6.26. The number of allylic oxidation sites excluding steroid dienone is 2. The van der Waals surface area contributed by atoms with Crippen LogP contribution >= 0.6 is 0 Å². The molecule has 17 heavy (non-hydrogen) atoms. The minimum Gasteiger partial charge on any atom is -0.295 e. The maximum Gasteiger partial charge on any atom is 0.158 e. The molecule has 0 aromatic carbocycles. The van der Waals surface area contributed by atoms with E-state index in [1.54, 1.807) is 0 Å². The molecule has 0 aliphatic heterocycles. The number of Topliss-reactive ketones (excluding diaryl/α,β-unsaturated/α-hetero) is 1. The largest absolute Gasteiger partial charge is 0.295 e. The Hall–Kier alpha value is -0.590.